The van der Waals surface area contributed by atoms with E-state index in [1.54, 1.807) is 11.3 Å². The van der Waals surface area contributed by atoms with Crippen molar-refractivity contribution in [3.8, 4) is 0 Å². The first-order valence-corrected chi connectivity index (χ1v) is 7.24. The number of aliphatic hydroxyl groups is 1. The third-order valence-corrected chi connectivity index (χ3v) is 5.29. The van der Waals surface area contributed by atoms with E-state index in [2.05, 4.69) is 34.3 Å². The quantitative estimate of drug-likeness (QED) is 0.876. The highest BCUT2D eigenvalue weighted by molar-refractivity contribution is 9.10. The van der Waals surface area contributed by atoms with Crippen LogP contribution < -0.4 is 0 Å². The maximum absolute atomic E-state index is 9.97. The average molecular weight is 289 g/mol. The molecular weight excluding hydrogens is 272 g/mol. The summed E-state index contributed by atoms with van der Waals surface area (Å²) in [5.74, 6) is 1.24. The summed E-state index contributed by atoms with van der Waals surface area (Å²) in [5, 5.41) is 12.1. The predicted molar refractivity (Wildman–Crippen MR) is 68.2 cm³/mol. The van der Waals surface area contributed by atoms with Gasteiger partial charge in [0.1, 0.15) is 0 Å². The van der Waals surface area contributed by atoms with Crippen molar-refractivity contribution in [2.75, 3.05) is 0 Å². The topological polar surface area (TPSA) is 20.2 Å². The molecule has 0 aliphatic heterocycles. The number of rotatable bonds is 2. The molecule has 15 heavy (non-hydrogen) atoms. The minimum atomic E-state index is -0.0878. The Morgan fingerprint density at radius 3 is 3.00 bits per heavy atom. The van der Waals surface area contributed by atoms with E-state index in [1.165, 1.54) is 22.2 Å². The van der Waals surface area contributed by atoms with E-state index in [0.717, 1.165) is 18.8 Å². The normalized spacial score (nSPS) is 31.8. The minimum Gasteiger partial charge on any atom is -0.393 e. The number of thiophene rings is 1. The molecule has 1 N–H and O–H groups in total. The van der Waals surface area contributed by atoms with Gasteiger partial charge in [-0.3, -0.25) is 0 Å². The molecule has 1 aliphatic carbocycles. The van der Waals surface area contributed by atoms with Crippen LogP contribution in [-0.4, -0.2) is 11.2 Å². The van der Waals surface area contributed by atoms with Crippen molar-refractivity contribution in [3.05, 3.63) is 20.8 Å². The molecule has 0 radical (unpaired) electrons. The van der Waals surface area contributed by atoms with Crippen LogP contribution in [0.5, 0.6) is 0 Å². The van der Waals surface area contributed by atoms with Crippen LogP contribution in [0.25, 0.3) is 0 Å². The molecule has 84 valence electrons. The molecule has 0 amide bonds. The van der Waals surface area contributed by atoms with Gasteiger partial charge in [-0.25, -0.2) is 0 Å². The van der Waals surface area contributed by atoms with Gasteiger partial charge in [0.25, 0.3) is 0 Å². The number of hydrogen-bond donors (Lipinski definition) is 1. The summed E-state index contributed by atoms with van der Waals surface area (Å²) >= 11 is 5.35. The van der Waals surface area contributed by atoms with E-state index in [0.29, 0.717) is 5.92 Å². The highest BCUT2D eigenvalue weighted by atomic mass is 79.9. The molecule has 0 saturated heterocycles. The summed E-state index contributed by atoms with van der Waals surface area (Å²) in [4.78, 5) is 1.38. The number of halogens is 1. The lowest BCUT2D eigenvalue weighted by Gasteiger charge is -2.31. The zero-order valence-electron chi connectivity index (χ0n) is 8.95. The van der Waals surface area contributed by atoms with Crippen molar-refractivity contribution in [2.45, 2.75) is 38.7 Å². The molecule has 1 fully saturated rings. The van der Waals surface area contributed by atoms with Gasteiger partial charge in [0.05, 0.1) is 6.10 Å². The molecule has 0 bridgehead atoms. The zero-order chi connectivity index (χ0) is 10.8. The largest absolute Gasteiger partial charge is 0.393 e. The smallest absolute Gasteiger partial charge is 0.0572 e. The summed E-state index contributed by atoms with van der Waals surface area (Å²) in [6.45, 7) is 2.29. The standard InChI is InChI=1S/C12H17BrOS/c1-8-2-3-11(14)9(6-8)7-12-10(13)4-5-15-12/h4-5,8-9,11,14H,2-3,6-7H2,1H3. The van der Waals surface area contributed by atoms with Crippen LogP contribution in [0.4, 0.5) is 0 Å². The number of hydrogen-bond acceptors (Lipinski definition) is 2. The lowest BCUT2D eigenvalue weighted by molar-refractivity contribution is 0.0523. The van der Waals surface area contributed by atoms with Gasteiger partial charge in [-0.15, -0.1) is 11.3 Å². The molecule has 0 spiro atoms. The summed E-state index contributed by atoms with van der Waals surface area (Å²) in [6, 6.07) is 2.10. The Morgan fingerprint density at radius 1 is 1.53 bits per heavy atom. The predicted octanol–water partition coefficient (Wildman–Crippen LogP) is 3.85. The van der Waals surface area contributed by atoms with Crippen molar-refractivity contribution >= 4 is 27.3 Å². The van der Waals surface area contributed by atoms with Crippen LogP contribution in [0.15, 0.2) is 15.9 Å². The van der Waals surface area contributed by atoms with Gasteiger partial charge in [0.2, 0.25) is 0 Å². The first-order valence-electron chi connectivity index (χ1n) is 5.56. The van der Waals surface area contributed by atoms with Gasteiger partial charge in [0.15, 0.2) is 0 Å². The monoisotopic (exact) mass is 288 g/mol. The van der Waals surface area contributed by atoms with Crippen LogP contribution in [0, 0.1) is 11.8 Å². The molecule has 1 saturated carbocycles. The Morgan fingerprint density at radius 2 is 2.33 bits per heavy atom. The van der Waals surface area contributed by atoms with E-state index in [1.807, 2.05) is 0 Å². The van der Waals surface area contributed by atoms with Crippen LogP contribution in [0.3, 0.4) is 0 Å². The average Bonchev–Trinajstić information content (AvgIpc) is 2.58. The van der Waals surface area contributed by atoms with Crippen molar-refractivity contribution in [1.29, 1.82) is 0 Å². The van der Waals surface area contributed by atoms with E-state index in [4.69, 9.17) is 0 Å². The molecule has 1 aromatic heterocycles. The summed E-state index contributed by atoms with van der Waals surface area (Å²) in [5.41, 5.74) is 0. The first-order chi connectivity index (χ1) is 7.16. The second kappa shape index (κ2) is 4.98. The maximum Gasteiger partial charge on any atom is 0.0572 e. The van der Waals surface area contributed by atoms with Gasteiger partial charge in [-0.2, -0.15) is 0 Å². The van der Waals surface area contributed by atoms with Crippen LogP contribution >= 0.6 is 27.3 Å². The fourth-order valence-electron chi connectivity index (χ4n) is 2.41. The Hall–Kier alpha value is 0.140. The van der Waals surface area contributed by atoms with Crippen molar-refractivity contribution in [3.63, 3.8) is 0 Å². The fourth-order valence-corrected chi connectivity index (χ4v) is 4.02. The first kappa shape index (κ1) is 11.6. The van der Waals surface area contributed by atoms with Crippen LogP contribution in [-0.2, 0) is 6.42 Å². The molecule has 3 unspecified atom stereocenters. The Bertz CT molecular complexity index is 323. The SMILES string of the molecule is CC1CCC(O)C(Cc2sccc2Br)C1. The van der Waals surface area contributed by atoms with Gasteiger partial charge in [-0.1, -0.05) is 6.92 Å². The number of aliphatic hydroxyl groups excluding tert-OH is 1. The maximum atomic E-state index is 9.97. The zero-order valence-corrected chi connectivity index (χ0v) is 11.4. The van der Waals surface area contributed by atoms with Crippen molar-refractivity contribution < 1.29 is 5.11 Å². The van der Waals surface area contributed by atoms with E-state index in [9.17, 15) is 5.11 Å². The molecule has 2 rings (SSSR count). The van der Waals surface area contributed by atoms with Gasteiger partial charge in [0, 0.05) is 9.35 Å². The molecule has 1 aromatic rings. The second-order valence-corrected chi connectivity index (χ2v) is 6.50. The molecule has 3 atom stereocenters. The summed E-state index contributed by atoms with van der Waals surface area (Å²) in [7, 11) is 0. The third kappa shape index (κ3) is 2.83. The van der Waals surface area contributed by atoms with E-state index < -0.39 is 0 Å². The van der Waals surface area contributed by atoms with E-state index >= 15 is 0 Å². The molecular formula is C12H17BrOS. The lowest BCUT2D eigenvalue weighted by atomic mass is 9.78. The van der Waals surface area contributed by atoms with Crippen LogP contribution in [0.2, 0.25) is 0 Å². The lowest BCUT2D eigenvalue weighted by Crippen LogP contribution is -2.29. The Kier molecular flexibility index (Phi) is 3.86. The second-order valence-electron chi connectivity index (χ2n) is 4.64. The van der Waals surface area contributed by atoms with E-state index in [-0.39, 0.29) is 6.10 Å². The fraction of sp³-hybridized carbons (Fsp3) is 0.667. The minimum absolute atomic E-state index is 0.0878. The Balaban J connectivity index is 2.01. The van der Waals surface area contributed by atoms with Crippen molar-refractivity contribution in [1.82, 2.24) is 0 Å². The molecule has 1 heterocycles. The molecule has 3 heteroatoms. The highest BCUT2D eigenvalue weighted by Gasteiger charge is 2.27. The summed E-state index contributed by atoms with van der Waals surface area (Å²) < 4.78 is 1.21. The third-order valence-electron chi connectivity index (χ3n) is 3.34. The van der Waals surface area contributed by atoms with Crippen molar-refractivity contribution in [2.24, 2.45) is 11.8 Å². The van der Waals surface area contributed by atoms with Gasteiger partial charge in [-0.05, 0) is 64.9 Å². The highest BCUT2D eigenvalue weighted by Crippen LogP contribution is 2.34. The molecule has 1 aliphatic rings. The Labute approximate surface area is 104 Å². The van der Waals surface area contributed by atoms with Crippen LogP contribution in [0.1, 0.15) is 31.1 Å². The van der Waals surface area contributed by atoms with Gasteiger partial charge < -0.3 is 5.11 Å². The van der Waals surface area contributed by atoms with Gasteiger partial charge >= 0.3 is 0 Å². The molecule has 1 nitrogen and oxygen atoms in total. The summed E-state index contributed by atoms with van der Waals surface area (Å²) in [6.07, 6.45) is 4.28. The molecule has 0 aromatic carbocycles.